The first-order valence-electron chi connectivity index (χ1n) is 7.58. The van der Waals surface area contributed by atoms with Crippen LogP contribution in [0.25, 0.3) is 0 Å². The number of amidine groups is 1. The smallest absolute Gasteiger partial charge is 0.446 e. The third-order valence-corrected chi connectivity index (χ3v) is 3.38. The van der Waals surface area contributed by atoms with Gasteiger partial charge >= 0.3 is 17.8 Å². The number of aliphatic imine (C=N–C) groups is 2. The number of nitrogens with zero attached hydrogens (tertiary/aromatic N) is 3. The number of hydrogen-bond acceptors (Lipinski definition) is 7. The summed E-state index contributed by atoms with van der Waals surface area (Å²) in [5, 5.41) is 0. The molecular weight excluding hydrogens is 355 g/mol. The molecule has 1 aliphatic heterocycles. The highest BCUT2D eigenvalue weighted by atomic mass is 19.4. The summed E-state index contributed by atoms with van der Waals surface area (Å²) in [6.07, 6.45) is -5.12. The van der Waals surface area contributed by atoms with E-state index in [4.69, 9.17) is 9.47 Å². The molecule has 0 unspecified atom stereocenters. The average Bonchev–Trinajstić information content (AvgIpc) is 2.60. The molecule has 1 heterocycles. The molecule has 0 radical (unpaired) electrons. The number of benzene rings is 1. The van der Waals surface area contributed by atoms with Gasteiger partial charge in [-0.1, -0.05) is 0 Å². The quantitative estimate of drug-likeness (QED) is 0.757. The Morgan fingerprint density at radius 3 is 2.31 bits per heavy atom. The van der Waals surface area contributed by atoms with Crippen LogP contribution in [0.5, 0.6) is 5.75 Å². The lowest BCUT2D eigenvalue weighted by atomic mass is 10.1. The number of ether oxygens (including phenoxy) is 3. The molecule has 10 heteroatoms. The van der Waals surface area contributed by atoms with E-state index in [1.165, 1.54) is 57.3 Å². The van der Waals surface area contributed by atoms with Gasteiger partial charge < -0.3 is 19.1 Å². The molecule has 0 aromatic heterocycles. The number of alkyl halides is 3. The molecule has 0 spiro atoms. The fourth-order valence-electron chi connectivity index (χ4n) is 2.06. The molecule has 0 fully saturated rings. The molecular formula is C16H18F3N3O4. The Labute approximate surface area is 148 Å². The first-order valence-corrected chi connectivity index (χ1v) is 7.58. The molecule has 1 aromatic carbocycles. The average molecular weight is 373 g/mol. The van der Waals surface area contributed by atoms with Crippen LogP contribution in [0.1, 0.15) is 12.5 Å². The number of carbonyl (C=O) groups excluding carboxylic acids is 1. The Kier molecular flexibility index (Phi) is 5.43. The Balaban J connectivity index is 2.62. The van der Waals surface area contributed by atoms with Crippen LogP contribution in [-0.4, -0.2) is 62.4 Å². The molecule has 0 saturated carbocycles. The van der Waals surface area contributed by atoms with Crippen molar-refractivity contribution in [3.63, 3.8) is 0 Å². The predicted octanol–water partition coefficient (Wildman–Crippen LogP) is 2.21. The van der Waals surface area contributed by atoms with Crippen molar-refractivity contribution in [3.05, 3.63) is 29.8 Å². The van der Waals surface area contributed by atoms with Crippen LogP contribution in [0.4, 0.5) is 13.2 Å². The second kappa shape index (κ2) is 7.22. The van der Waals surface area contributed by atoms with Crippen LogP contribution in [0.15, 0.2) is 34.3 Å². The molecule has 0 amide bonds. The van der Waals surface area contributed by atoms with Gasteiger partial charge in [0.2, 0.25) is 5.90 Å². The monoisotopic (exact) mass is 373 g/mol. The summed E-state index contributed by atoms with van der Waals surface area (Å²) >= 11 is 0. The maximum Gasteiger partial charge on any atom is 0.446 e. The van der Waals surface area contributed by atoms with E-state index < -0.39 is 29.7 Å². The van der Waals surface area contributed by atoms with Gasteiger partial charge in [0, 0.05) is 19.7 Å². The van der Waals surface area contributed by atoms with E-state index in [2.05, 4.69) is 14.7 Å². The highest BCUT2D eigenvalue weighted by Crippen LogP contribution is 2.39. The number of halogens is 3. The standard InChI is InChI=1S/C16H18F3N3O4/c1-5-25-13(23)15(16(17,18)19)20-12(26-14(21-15)22(2)3)10-6-8-11(24-4)9-7-10/h6-9H,5H2,1-4H3/t15-/m0/s1. The molecule has 0 bridgehead atoms. The molecule has 0 saturated heterocycles. The third-order valence-electron chi connectivity index (χ3n) is 3.38. The van der Waals surface area contributed by atoms with Gasteiger partial charge in [-0.3, -0.25) is 0 Å². The minimum absolute atomic E-state index is 0.220. The minimum atomic E-state index is -5.12. The van der Waals surface area contributed by atoms with Crippen LogP contribution in [0.2, 0.25) is 0 Å². The largest absolute Gasteiger partial charge is 0.497 e. The minimum Gasteiger partial charge on any atom is -0.497 e. The van der Waals surface area contributed by atoms with Crippen molar-refractivity contribution >= 4 is 17.9 Å². The summed E-state index contributed by atoms with van der Waals surface area (Å²) < 4.78 is 56.4. The normalized spacial score (nSPS) is 19.8. The topological polar surface area (TPSA) is 72.7 Å². The first kappa shape index (κ1) is 19.5. The van der Waals surface area contributed by atoms with Gasteiger partial charge in [-0.05, 0) is 31.2 Å². The Hall–Kier alpha value is -2.78. The lowest BCUT2D eigenvalue weighted by Crippen LogP contribution is -2.54. The van der Waals surface area contributed by atoms with Crippen molar-refractivity contribution in [1.29, 1.82) is 0 Å². The Bertz CT molecular complexity index is 729. The maximum atomic E-state index is 13.8. The lowest BCUT2D eigenvalue weighted by molar-refractivity contribution is -0.204. The fourth-order valence-corrected chi connectivity index (χ4v) is 2.06. The van der Waals surface area contributed by atoms with Gasteiger partial charge in [0.1, 0.15) is 5.75 Å². The Morgan fingerprint density at radius 1 is 1.23 bits per heavy atom. The van der Waals surface area contributed by atoms with Gasteiger partial charge in [-0.25, -0.2) is 4.79 Å². The van der Waals surface area contributed by atoms with Crippen molar-refractivity contribution in [2.75, 3.05) is 27.8 Å². The molecule has 1 aromatic rings. The number of methoxy groups -OCH3 is 1. The second-order valence-electron chi connectivity index (χ2n) is 5.43. The molecule has 26 heavy (non-hydrogen) atoms. The van der Waals surface area contributed by atoms with Gasteiger partial charge in [0.25, 0.3) is 6.02 Å². The van der Waals surface area contributed by atoms with Crippen LogP contribution in [0, 0.1) is 0 Å². The molecule has 7 nitrogen and oxygen atoms in total. The SMILES string of the molecule is CCOC(=O)[C@]1(C(F)(F)F)N=C(c2ccc(OC)cc2)OC(N(C)C)=N1. The van der Waals surface area contributed by atoms with E-state index in [0.717, 1.165) is 0 Å². The molecule has 142 valence electrons. The maximum absolute atomic E-state index is 13.8. The third kappa shape index (κ3) is 3.58. The van der Waals surface area contributed by atoms with Gasteiger partial charge in [-0.15, -0.1) is 0 Å². The zero-order valence-corrected chi connectivity index (χ0v) is 14.6. The van der Waals surface area contributed by atoms with E-state index in [-0.39, 0.29) is 12.2 Å². The van der Waals surface area contributed by atoms with E-state index >= 15 is 0 Å². The van der Waals surface area contributed by atoms with Crippen LogP contribution in [0.3, 0.4) is 0 Å². The number of esters is 1. The highest BCUT2D eigenvalue weighted by Gasteiger charge is 2.65. The van der Waals surface area contributed by atoms with Crippen LogP contribution < -0.4 is 4.74 Å². The van der Waals surface area contributed by atoms with Crippen molar-refractivity contribution < 1.29 is 32.2 Å². The lowest BCUT2D eigenvalue weighted by Gasteiger charge is -2.32. The van der Waals surface area contributed by atoms with Crippen molar-refractivity contribution in [1.82, 2.24) is 4.90 Å². The van der Waals surface area contributed by atoms with Crippen molar-refractivity contribution in [3.8, 4) is 5.75 Å². The number of hydrogen-bond donors (Lipinski definition) is 0. The van der Waals surface area contributed by atoms with Crippen LogP contribution in [-0.2, 0) is 14.3 Å². The molecule has 0 N–H and O–H groups in total. The highest BCUT2D eigenvalue weighted by molar-refractivity contribution is 6.05. The Morgan fingerprint density at radius 2 is 1.85 bits per heavy atom. The van der Waals surface area contributed by atoms with E-state index in [9.17, 15) is 18.0 Å². The summed E-state index contributed by atoms with van der Waals surface area (Å²) in [5.41, 5.74) is -3.21. The molecule has 0 aliphatic carbocycles. The summed E-state index contributed by atoms with van der Waals surface area (Å²) in [4.78, 5) is 20.3. The van der Waals surface area contributed by atoms with Crippen molar-refractivity contribution in [2.24, 2.45) is 9.98 Å². The fraction of sp³-hybridized carbons (Fsp3) is 0.438. The van der Waals surface area contributed by atoms with Gasteiger partial charge in [-0.2, -0.15) is 23.2 Å². The second-order valence-corrected chi connectivity index (χ2v) is 5.43. The van der Waals surface area contributed by atoms with E-state index in [1.54, 1.807) is 0 Å². The summed E-state index contributed by atoms with van der Waals surface area (Å²) in [5.74, 6) is -1.53. The van der Waals surface area contributed by atoms with E-state index in [0.29, 0.717) is 5.75 Å². The van der Waals surface area contributed by atoms with Gasteiger partial charge in [0.05, 0.1) is 13.7 Å². The summed E-state index contributed by atoms with van der Waals surface area (Å²) in [7, 11) is 4.32. The number of rotatable bonds is 4. The molecule has 2 rings (SSSR count). The van der Waals surface area contributed by atoms with Gasteiger partial charge in [0.15, 0.2) is 0 Å². The zero-order valence-electron chi connectivity index (χ0n) is 14.6. The van der Waals surface area contributed by atoms with Crippen molar-refractivity contribution in [2.45, 2.75) is 18.8 Å². The molecule has 1 atom stereocenters. The van der Waals surface area contributed by atoms with Crippen LogP contribution >= 0.6 is 0 Å². The predicted molar refractivity (Wildman–Crippen MR) is 87.2 cm³/mol. The summed E-state index contributed by atoms with van der Waals surface area (Å²) in [6, 6.07) is 5.56. The first-order chi connectivity index (χ1) is 12.1. The zero-order chi connectivity index (χ0) is 19.5. The number of carbonyl (C=O) groups is 1. The molecule has 1 aliphatic rings. The summed E-state index contributed by atoms with van der Waals surface area (Å²) in [6.45, 7) is 1.14. The van der Waals surface area contributed by atoms with E-state index in [1.807, 2.05) is 0 Å².